The van der Waals surface area contributed by atoms with Gasteiger partial charge >= 0.3 is 0 Å². The van der Waals surface area contributed by atoms with Crippen molar-refractivity contribution in [3.63, 3.8) is 0 Å². The number of nitrogens with one attached hydrogen (secondary N) is 1. The van der Waals surface area contributed by atoms with Crippen LogP contribution in [0, 0.1) is 5.92 Å². The van der Waals surface area contributed by atoms with Crippen molar-refractivity contribution in [3.05, 3.63) is 48.8 Å². The van der Waals surface area contributed by atoms with E-state index in [1.165, 1.54) is 11.8 Å². The lowest BCUT2D eigenvalue weighted by atomic mass is 10.2. The summed E-state index contributed by atoms with van der Waals surface area (Å²) in [4.78, 5) is 16.2. The Labute approximate surface area is 168 Å². The molecular formula is C20H23N5O2S. The first-order chi connectivity index (χ1) is 13.6. The first-order valence-electron chi connectivity index (χ1n) is 8.99. The zero-order chi connectivity index (χ0) is 19.9. The normalized spacial score (nSPS) is 10.9. The second-order valence-electron chi connectivity index (χ2n) is 6.54. The van der Waals surface area contributed by atoms with Gasteiger partial charge in [-0.05, 0) is 30.2 Å². The molecule has 1 amide bonds. The molecule has 0 saturated carbocycles. The third-order valence-electron chi connectivity index (χ3n) is 3.94. The van der Waals surface area contributed by atoms with Crippen molar-refractivity contribution in [2.75, 3.05) is 19.4 Å². The number of thioether (sulfide) groups is 1. The third kappa shape index (κ3) is 4.69. The minimum Gasteiger partial charge on any atom is -0.495 e. The highest BCUT2D eigenvalue weighted by Crippen LogP contribution is 2.32. The van der Waals surface area contributed by atoms with Crippen molar-refractivity contribution in [1.82, 2.24) is 25.1 Å². The molecule has 0 saturated heterocycles. The zero-order valence-electron chi connectivity index (χ0n) is 16.1. The van der Waals surface area contributed by atoms with Crippen LogP contribution in [0.3, 0.4) is 0 Å². The first kappa shape index (κ1) is 19.9. The van der Waals surface area contributed by atoms with Crippen LogP contribution in [0.5, 0.6) is 5.75 Å². The molecule has 0 spiro atoms. The van der Waals surface area contributed by atoms with E-state index in [4.69, 9.17) is 4.74 Å². The topological polar surface area (TPSA) is 81.9 Å². The lowest BCUT2D eigenvalue weighted by molar-refractivity contribution is -0.118. The summed E-state index contributed by atoms with van der Waals surface area (Å²) in [6, 6.07) is 11.4. The number of pyridine rings is 1. The summed E-state index contributed by atoms with van der Waals surface area (Å²) in [5, 5.41) is 12.2. The molecule has 146 valence electrons. The van der Waals surface area contributed by atoms with Crippen LogP contribution < -0.4 is 10.1 Å². The number of amides is 1. The van der Waals surface area contributed by atoms with E-state index in [2.05, 4.69) is 34.3 Å². The van der Waals surface area contributed by atoms with Gasteiger partial charge in [0.25, 0.3) is 0 Å². The summed E-state index contributed by atoms with van der Waals surface area (Å²) < 4.78 is 7.44. The molecule has 3 aromatic rings. The van der Waals surface area contributed by atoms with Crippen LogP contribution in [0.4, 0.5) is 0 Å². The molecule has 2 aromatic heterocycles. The lowest BCUT2D eigenvalue weighted by Gasteiger charge is -2.14. The minimum atomic E-state index is -0.0289. The monoisotopic (exact) mass is 397 g/mol. The Morgan fingerprint density at radius 1 is 1.18 bits per heavy atom. The average Bonchev–Trinajstić information content (AvgIpc) is 3.15. The average molecular weight is 398 g/mol. The van der Waals surface area contributed by atoms with Crippen molar-refractivity contribution in [2.45, 2.75) is 19.0 Å². The van der Waals surface area contributed by atoms with E-state index in [0.29, 0.717) is 29.2 Å². The quantitative estimate of drug-likeness (QED) is 0.588. The van der Waals surface area contributed by atoms with Crippen LogP contribution >= 0.6 is 11.8 Å². The number of ether oxygens (including phenoxy) is 1. The van der Waals surface area contributed by atoms with Crippen LogP contribution in [-0.4, -0.2) is 45.1 Å². The number of para-hydroxylation sites is 2. The molecule has 7 nitrogen and oxygen atoms in total. The fraction of sp³-hybridized carbons (Fsp3) is 0.300. The van der Waals surface area contributed by atoms with Crippen LogP contribution in [0.15, 0.2) is 53.9 Å². The van der Waals surface area contributed by atoms with Gasteiger partial charge in [-0.1, -0.05) is 37.7 Å². The number of nitrogens with zero attached hydrogens (tertiary/aromatic N) is 4. The Balaban J connectivity index is 1.95. The fourth-order valence-corrected chi connectivity index (χ4v) is 3.36. The molecule has 0 aliphatic heterocycles. The zero-order valence-corrected chi connectivity index (χ0v) is 16.9. The third-order valence-corrected chi connectivity index (χ3v) is 4.87. The van der Waals surface area contributed by atoms with Gasteiger partial charge in [-0.15, -0.1) is 10.2 Å². The van der Waals surface area contributed by atoms with Gasteiger partial charge in [-0.3, -0.25) is 14.3 Å². The number of carbonyl (C=O) groups is 1. The minimum absolute atomic E-state index is 0.0289. The maximum atomic E-state index is 12.1. The second kappa shape index (κ2) is 9.36. The van der Waals surface area contributed by atoms with Crippen LogP contribution in [0.25, 0.3) is 17.1 Å². The summed E-state index contributed by atoms with van der Waals surface area (Å²) >= 11 is 1.34. The van der Waals surface area contributed by atoms with Crippen molar-refractivity contribution >= 4 is 17.7 Å². The van der Waals surface area contributed by atoms with Crippen molar-refractivity contribution in [1.29, 1.82) is 0 Å². The number of benzene rings is 1. The van der Waals surface area contributed by atoms with E-state index in [0.717, 1.165) is 11.3 Å². The van der Waals surface area contributed by atoms with Crippen LogP contribution in [0.2, 0.25) is 0 Å². The molecule has 0 atom stereocenters. The second-order valence-corrected chi connectivity index (χ2v) is 7.48. The molecule has 1 N–H and O–H groups in total. The maximum Gasteiger partial charge on any atom is 0.230 e. The largest absolute Gasteiger partial charge is 0.495 e. The first-order valence-corrected chi connectivity index (χ1v) is 9.97. The Hall–Kier alpha value is -2.87. The van der Waals surface area contributed by atoms with Crippen LogP contribution in [-0.2, 0) is 4.79 Å². The molecular weight excluding hydrogens is 374 g/mol. The van der Waals surface area contributed by atoms with Crippen molar-refractivity contribution in [2.24, 2.45) is 5.92 Å². The van der Waals surface area contributed by atoms with Crippen LogP contribution in [0.1, 0.15) is 13.8 Å². The van der Waals surface area contributed by atoms with E-state index in [9.17, 15) is 4.79 Å². The van der Waals surface area contributed by atoms with Gasteiger partial charge in [0.15, 0.2) is 11.0 Å². The number of aromatic nitrogens is 4. The van der Waals surface area contributed by atoms with Gasteiger partial charge in [-0.25, -0.2) is 0 Å². The van der Waals surface area contributed by atoms with E-state index >= 15 is 0 Å². The SMILES string of the molecule is COc1ccccc1-n1c(SCC(=O)NCC(C)C)nnc1-c1ccncc1. The standard InChI is InChI=1S/C20H23N5O2S/c1-14(2)12-22-18(26)13-28-20-24-23-19(15-8-10-21-11-9-15)25(20)16-6-4-5-7-17(16)27-3/h4-11,14H,12-13H2,1-3H3,(H,22,26). The predicted octanol–water partition coefficient (Wildman–Crippen LogP) is 3.20. The highest BCUT2D eigenvalue weighted by atomic mass is 32.2. The number of hydrogen-bond acceptors (Lipinski definition) is 6. The molecule has 0 bridgehead atoms. The van der Waals surface area contributed by atoms with Gasteiger partial charge < -0.3 is 10.1 Å². The summed E-state index contributed by atoms with van der Waals surface area (Å²) in [5.41, 5.74) is 1.69. The van der Waals surface area contributed by atoms with Gasteiger partial charge in [0.1, 0.15) is 5.75 Å². The number of methoxy groups -OCH3 is 1. The maximum absolute atomic E-state index is 12.1. The molecule has 0 aliphatic carbocycles. The van der Waals surface area contributed by atoms with E-state index < -0.39 is 0 Å². The molecule has 0 unspecified atom stereocenters. The Morgan fingerprint density at radius 2 is 1.93 bits per heavy atom. The Morgan fingerprint density at radius 3 is 2.64 bits per heavy atom. The summed E-state index contributed by atoms with van der Waals surface area (Å²) in [5.74, 6) is 2.00. The van der Waals surface area contributed by atoms with Crippen molar-refractivity contribution < 1.29 is 9.53 Å². The summed E-state index contributed by atoms with van der Waals surface area (Å²) in [6.07, 6.45) is 3.42. The van der Waals surface area contributed by atoms with E-state index in [1.54, 1.807) is 19.5 Å². The van der Waals surface area contributed by atoms with Gasteiger partial charge in [0, 0.05) is 24.5 Å². The van der Waals surface area contributed by atoms with Gasteiger partial charge in [-0.2, -0.15) is 0 Å². The Kier molecular flexibility index (Phi) is 6.65. The van der Waals surface area contributed by atoms with Crippen molar-refractivity contribution in [3.8, 4) is 22.8 Å². The van der Waals surface area contributed by atoms with Gasteiger partial charge in [0.2, 0.25) is 5.91 Å². The highest BCUT2D eigenvalue weighted by molar-refractivity contribution is 7.99. The Bertz CT molecular complexity index is 927. The molecule has 0 radical (unpaired) electrons. The van der Waals surface area contributed by atoms with Gasteiger partial charge in [0.05, 0.1) is 18.6 Å². The highest BCUT2D eigenvalue weighted by Gasteiger charge is 2.19. The molecule has 1 aromatic carbocycles. The number of rotatable bonds is 8. The van der Waals surface area contributed by atoms with E-state index in [1.807, 2.05) is 41.0 Å². The summed E-state index contributed by atoms with van der Waals surface area (Å²) in [7, 11) is 1.63. The molecule has 0 aliphatic rings. The molecule has 8 heteroatoms. The fourth-order valence-electron chi connectivity index (χ4n) is 2.58. The predicted molar refractivity (Wildman–Crippen MR) is 110 cm³/mol. The molecule has 3 rings (SSSR count). The molecule has 28 heavy (non-hydrogen) atoms. The smallest absolute Gasteiger partial charge is 0.230 e. The number of hydrogen-bond donors (Lipinski definition) is 1. The number of carbonyl (C=O) groups excluding carboxylic acids is 1. The lowest BCUT2D eigenvalue weighted by Crippen LogP contribution is -2.28. The van der Waals surface area contributed by atoms with E-state index in [-0.39, 0.29) is 11.7 Å². The molecule has 0 fully saturated rings. The molecule has 2 heterocycles. The summed E-state index contributed by atoms with van der Waals surface area (Å²) in [6.45, 7) is 4.78.